The summed E-state index contributed by atoms with van der Waals surface area (Å²) < 4.78 is 5.64. The van der Waals surface area contributed by atoms with Crippen LogP contribution in [0, 0.1) is 28.6 Å². The van der Waals surface area contributed by atoms with Gasteiger partial charge < -0.3 is 14.9 Å². The number of aliphatic hydroxyl groups is 2. The minimum atomic E-state index is -1.70. The highest BCUT2D eigenvalue weighted by molar-refractivity contribution is 5.94. The number of allylic oxidation sites excluding steroid dienone is 4. The molecule has 4 aliphatic carbocycles. The lowest BCUT2D eigenvalue weighted by Crippen LogP contribution is -2.52. The third-order valence-corrected chi connectivity index (χ3v) is 10.5. The van der Waals surface area contributed by atoms with Gasteiger partial charge in [0, 0.05) is 16.9 Å². The number of ether oxygens (including phenoxy) is 1. The molecular formula is C29H40O5. The molecule has 1 heterocycles. The van der Waals surface area contributed by atoms with Crippen LogP contribution in [0.25, 0.3) is 0 Å². The first-order chi connectivity index (χ1) is 15.9. The number of hydrogen-bond acceptors (Lipinski definition) is 5. The Hall–Kier alpha value is -1.72. The molecule has 7 atom stereocenters. The van der Waals surface area contributed by atoms with Crippen molar-refractivity contribution in [3.05, 3.63) is 34.4 Å². The standard InChI is InChI=1S/C29H40O5/c1-16(2)29(33,17(3)30)25-15-21(26(32)34-25)23-9-8-22-20-7-6-18-14-19(31)10-12-27(18,4)24(20)11-13-28(22,23)5/h8,15-16,18-19,23,25,31,33H,6-7,9-14H2,1-5H3. The molecule has 1 aliphatic heterocycles. The van der Waals surface area contributed by atoms with Crippen LogP contribution in [-0.4, -0.2) is 39.8 Å². The van der Waals surface area contributed by atoms with E-state index in [4.69, 9.17) is 4.74 Å². The molecule has 0 amide bonds. The van der Waals surface area contributed by atoms with E-state index in [0.29, 0.717) is 11.5 Å². The maximum Gasteiger partial charge on any atom is 0.334 e. The molecule has 2 N–H and O–H groups in total. The summed E-state index contributed by atoms with van der Waals surface area (Å²) in [4.78, 5) is 25.4. The van der Waals surface area contributed by atoms with E-state index in [1.165, 1.54) is 18.1 Å². The summed E-state index contributed by atoms with van der Waals surface area (Å²) in [5.41, 5.74) is 3.50. The molecule has 5 rings (SSSR count). The minimum Gasteiger partial charge on any atom is -0.451 e. The maximum atomic E-state index is 13.1. The number of rotatable bonds is 4. The van der Waals surface area contributed by atoms with Crippen LogP contribution < -0.4 is 0 Å². The lowest BCUT2D eigenvalue weighted by Gasteiger charge is -2.53. The molecule has 0 spiro atoms. The Kier molecular flexibility index (Phi) is 5.57. The molecule has 0 aromatic heterocycles. The van der Waals surface area contributed by atoms with Crippen LogP contribution in [0.2, 0.25) is 0 Å². The van der Waals surface area contributed by atoms with Gasteiger partial charge in [0.2, 0.25) is 0 Å². The summed E-state index contributed by atoms with van der Waals surface area (Å²) in [6.07, 6.45) is 10.9. The molecule has 7 unspecified atom stereocenters. The van der Waals surface area contributed by atoms with E-state index in [9.17, 15) is 19.8 Å². The lowest BCUT2D eigenvalue weighted by atomic mass is 9.52. The van der Waals surface area contributed by atoms with Crippen molar-refractivity contribution in [1.82, 2.24) is 0 Å². The fraction of sp³-hybridized carbons (Fsp3) is 0.724. The highest BCUT2D eigenvalue weighted by atomic mass is 16.6. The fourth-order valence-corrected chi connectivity index (χ4v) is 8.17. The van der Waals surface area contributed by atoms with E-state index < -0.39 is 11.7 Å². The molecule has 1 fully saturated rings. The second-order valence-corrected chi connectivity index (χ2v) is 12.3. The van der Waals surface area contributed by atoms with Crippen molar-refractivity contribution in [1.29, 1.82) is 0 Å². The Morgan fingerprint density at radius 3 is 2.59 bits per heavy atom. The van der Waals surface area contributed by atoms with Crippen LogP contribution in [0.3, 0.4) is 0 Å². The van der Waals surface area contributed by atoms with Gasteiger partial charge in [-0.15, -0.1) is 0 Å². The molecule has 186 valence electrons. The molecule has 5 heteroatoms. The number of Topliss-reactive ketones (excluding diaryl/α,β-unsaturated/α-hetero) is 1. The van der Waals surface area contributed by atoms with Gasteiger partial charge in [-0.2, -0.15) is 0 Å². The monoisotopic (exact) mass is 468 g/mol. The van der Waals surface area contributed by atoms with Crippen molar-refractivity contribution in [3.63, 3.8) is 0 Å². The number of carbonyl (C=O) groups is 2. The third-order valence-electron chi connectivity index (χ3n) is 10.5. The maximum absolute atomic E-state index is 13.1. The zero-order valence-corrected chi connectivity index (χ0v) is 21.3. The van der Waals surface area contributed by atoms with Crippen LogP contribution in [0.1, 0.15) is 86.0 Å². The van der Waals surface area contributed by atoms with Crippen LogP contribution in [-0.2, 0) is 14.3 Å². The molecule has 1 saturated carbocycles. The molecule has 0 aromatic carbocycles. The Morgan fingerprint density at radius 1 is 1.18 bits per heavy atom. The molecule has 5 nitrogen and oxygen atoms in total. The molecule has 0 saturated heterocycles. The van der Waals surface area contributed by atoms with Gasteiger partial charge in [-0.3, -0.25) is 4.79 Å². The SMILES string of the molecule is CC(=O)C(O)(C(C)C)C1C=C(C2CC=C3C4=C(CCC32C)C2(C)CCC(O)CC2CC4)C(=O)O1. The highest BCUT2D eigenvalue weighted by Gasteiger charge is 2.56. The summed E-state index contributed by atoms with van der Waals surface area (Å²) in [7, 11) is 0. The number of fused-ring (bicyclic) bond motifs is 4. The van der Waals surface area contributed by atoms with Crippen molar-refractivity contribution >= 4 is 11.8 Å². The quantitative estimate of drug-likeness (QED) is 0.578. The van der Waals surface area contributed by atoms with Crippen molar-refractivity contribution in [2.75, 3.05) is 0 Å². The van der Waals surface area contributed by atoms with Gasteiger partial charge in [0.15, 0.2) is 17.5 Å². The molecular weight excluding hydrogens is 428 g/mol. The zero-order valence-electron chi connectivity index (χ0n) is 21.3. The van der Waals surface area contributed by atoms with Gasteiger partial charge in [0.25, 0.3) is 0 Å². The first-order valence-electron chi connectivity index (χ1n) is 13.2. The molecule has 0 aromatic rings. The fourth-order valence-electron chi connectivity index (χ4n) is 8.17. The summed E-state index contributed by atoms with van der Waals surface area (Å²) in [5, 5.41) is 21.4. The summed E-state index contributed by atoms with van der Waals surface area (Å²) in [6.45, 7) is 9.65. The zero-order chi connectivity index (χ0) is 24.6. The van der Waals surface area contributed by atoms with Crippen LogP contribution in [0.5, 0.6) is 0 Å². The Bertz CT molecular complexity index is 1020. The van der Waals surface area contributed by atoms with Gasteiger partial charge >= 0.3 is 5.97 Å². The molecule has 34 heavy (non-hydrogen) atoms. The average molecular weight is 469 g/mol. The topological polar surface area (TPSA) is 83.8 Å². The Morgan fingerprint density at radius 2 is 1.91 bits per heavy atom. The highest BCUT2D eigenvalue weighted by Crippen LogP contribution is 2.64. The number of ketones is 1. The predicted octanol–water partition coefficient (Wildman–Crippen LogP) is 4.82. The first-order valence-corrected chi connectivity index (χ1v) is 13.2. The number of cyclic esters (lactones) is 1. The van der Waals surface area contributed by atoms with Gasteiger partial charge in [-0.05, 0) is 92.8 Å². The minimum absolute atomic E-state index is 0.0103. The molecule has 5 aliphatic rings. The van der Waals surface area contributed by atoms with Crippen molar-refractivity contribution in [2.45, 2.75) is 104 Å². The average Bonchev–Trinajstić information content (AvgIpc) is 3.32. The smallest absolute Gasteiger partial charge is 0.334 e. The number of hydrogen-bond donors (Lipinski definition) is 2. The third kappa shape index (κ3) is 3.19. The van der Waals surface area contributed by atoms with E-state index in [2.05, 4.69) is 19.9 Å². The van der Waals surface area contributed by atoms with E-state index in [1.807, 2.05) is 0 Å². The largest absolute Gasteiger partial charge is 0.451 e. The van der Waals surface area contributed by atoms with E-state index >= 15 is 0 Å². The summed E-state index contributed by atoms with van der Waals surface area (Å²) in [6, 6.07) is 0. The second-order valence-electron chi connectivity index (χ2n) is 12.3. The normalized spacial score (nSPS) is 41.2. The number of esters is 1. The van der Waals surface area contributed by atoms with Crippen molar-refractivity contribution in [2.24, 2.45) is 28.6 Å². The second kappa shape index (κ2) is 7.89. The Labute approximate surface area is 203 Å². The van der Waals surface area contributed by atoms with E-state index in [-0.39, 0.29) is 40.5 Å². The lowest BCUT2D eigenvalue weighted by molar-refractivity contribution is -0.165. The van der Waals surface area contributed by atoms with Gasteiger partial charge in [0.1, 0.15) is 0 Å². The summed E-state index contributed by atoms with van der Waals surface area (Å²) in [5.74, 6) is -0.548. The van der Waals surface area contributed by atoms with Gasteiger partial charge in [-0.25, -0.2) is 4.79 Å². The number of carbonyl (C=O) groups excluding carboxylic acids is 2. The number of aliphatic hydroxyl groups excluding tert-OH is 1. The van der Waals surface area contributed by atoms with Crippen molar-refractivity contribution < 1.29 is 24.5 Å². The van der Waals surface area contributed by atoms with Crippen LogP contribution in [0.15, 0.2) is 34.4 Å². The van der Waals surface area contributed by atoms with Crippen molar-refractivity contribution in [3.8, 4) is 0 Å². The summed E-state index contributed by atoms with van der Waals surface area (Å²) >= 11 is 0. The van der Waals surface area contributed by atoms with Crippen LogP contribution in [0.4, 0.5) is 0 Å². The van der Waals surface area contributed by atoms with Crippen LogP contribution >= 0.6 is 0 Å². The van der Waals surface area contributed by atoms with E-state index in [0.717, 1.165) is 51.4 Å². The Balaban J connectivity index is 1.47. The van der Waals surface area contributed by atoms with E-state index in [1.54, 1.807) is 25.5 Å². The molecule has 0 bridgehead atoms. The first kappa shape index (κ1) is 24.0. The van der Waals surface area contributed by atoms with Gasteiger partial charge in [0.05, 0.1) is 6.10 Å². The predicted molar refractivity (Wildman–Crippen MR) is 130 cm³/mol. The van der Waals surface area contributed by atoms with Gasteiger partial charge in [-0.1, -0.05) is 39.3 Å². The molecule has 0 radical (unpaired) electrons.